The molecule has 4 nitrogen and oxygen atoms in total. The van der Waals surface area contributed by atoms with Gasteiger partial charge in [-0.25, -0.2) is 13.1 Å². The lowest BCUT2D eigenvalue weighted by Crippen LogP contribution is -2.29. The standard InChI is InChI=1S/C14H23BrN2O2S2/c1-4-7-16-10-12-5-6-13(15)14(8-12)21(18,19)17-9-11(2)20-3/h5-6,8,11,16-17H,4,7,9-10H2,1-3H3. The van der Waals surface area contributed by atoms with Crippen molar-refractivity contribution in [2.45, 2.75) is 37.0 Å². The molecule has 1 aromatic rings. The summed E-state index contributed by atoms with van der Waals surface area (Å²) in [5.74, 6) is 0. The number of halogens is 1. The van der Waals surface area contributed by atoms with Gasteiger partial charge in [-0.05, 0) is 52.8 Å². The SMILES string of the molecule is CCCNCc1ccc(Br)c(S(=O)(=O)NCC(C)SC)c1. The number of rotatable bonds is 9. The lowest BCUT2D eigenvalue weighted by atomic mass is 10.2. The largest absolute Gasteiger partial charge is 0.313 e. The van der Waals surface area contributed by atoms with Crippen LogP contribution in [0.5, 0.6) is 0 Å². The highest BCUT2D eigenvalue weighted by atomic mass is 79.9. The molecule has 0 aliphatic rings. The monoisotopic (exact) mass is 394 g/mol. The smallest absolute Gasteiger partial charge is 0.241 e. The zero-order chi connectivity index (χ0) is 15.9. The van der Waals surface area contributed by atoms with E-state index in [1.54, 1.807) is 23.9 Å². The Morgan fingerprint density at radius 3 is 2.71 bits per heavy atom. The lowest BCUT2D eigenvalue weighted by Gasteiger charge is -2.13. The third-order valence-corrected chi connectivity index (χ3v) is 6.39. The Balaban J connectivity index is 2.86. The van der Waals surface area contributed by atoms with Gasteiger partial charge < -0.3 is 5.32 Å². The number of nitrogens with one attached hydrogen (secondary N) is 2. The maximum atomic E-state index is 12.4. The van der Waals surface area contributed by atoms with E-state index in [1.807, 2.05) is 19.2 Å². The molecule has 0 saturated carbocycles. The summed E-state index contributed by atoms with van der Waals surface area (Å²) in [6.45, 7) is 6.11. The topological polar surface area (TPSA) is 58.2 Å². The van der Waals surface area contributed by atoms with Crippen LogP contribution in [0.1, 0.15) is 25.8 Å². The van der Waals surface area contributed by atoms with E-state index in [4.69, 9.17) is 0 Å². The number of hydrogen-bond acceptors (Lipinski definition) is 4. The molecule has 2 N–H and O–H groups in total. The van der Waals surface area contributed by atoms with E-state index in [0.717, 1.165) is 18.5 Å². The Labute approximate surface area is 140 Å². The van der Waals surface area contributed by atoms with Gasteiger partial charge in [0.25, 0.3) is 0 Å². The van der Waals surface area contributed by atoms with Crippen molar-refractivity contribution in [3.63, 3.8) is 0 Å². The Bertz CT molecular complexity index is 550. The minimum Gasteiger partial charge on any atom is -0.313 e. The molecule has 7 heteroatoms. The van der Waals surface area contributed by atoms with Gasteiger partial charge >= 0.3 is 0 Å². The van der Waals surface area contributed by atoms with Crippen LogP contribution >= 0.6 is 27.7 Å². The average molecular weight is 395 g/mol. The quantitative estimate of drug-likeness (QED) is 0.632. The van der Waals surface area contributed by atoms with Gasteiger partial charge in [0, 0.05) is 22.8 Å². The van der Waals surface area contributed by atoms with Crippen LogP contribution in [0, 0.1) is 0 Å². The second-order valence-corrected chi connectivity index (χ2v) is 8.71. The Morgan fingerprint density at radius 2 is 2.10 bits per heavy atom. The van der Waals surface area contributed by atoms with Crippen molar-refractivity contribution in [3.05, 3.63) is 28.2 Å². The fourth-order valence-electron chi connectivity index (χ4n) is 1.66. The van der Waals surface area contributed by atoms with Gasteiger partial charge in [0.2, 0.25) is 10.0 Å². The normalized spacial score (nSPS) is 13.3. The first kappa shape index (κ1) is 19.0. The molecule has 120 valence electrons. The maximum Gasteiger partial charge on any atom is 0.241 e. The third kappa shape index (κ3) is 6.28. The van der Waals surface area contributed by atoms with Gasteiger partial charge in [0.1, 0.15) is 0 Å². The third-order valence-electron chi connectivity index (χ3n) is 3.00. The number of sulfonamides is 1. The number of thioether (sulfide) groups is 1. The molecule has 0 bridgehead atoms. The highest BCUT2D eigenvalue weighted by molar-refractivity contribution is 9.10. The molecule has 1 atom stereocenters. The van der Waals surface area contributed by atoms with Gasteiger partial charge in [0.15, 0.2) is 0 Å². The Morgan fingerprint density at radius 1 is 1.38 bits per heavy atom. The summed E-state index contributed by atoms with van der Waals surface area (Å²) < 4.78 is 28.0. The second-order valence-electron chi connectivity index (χ2n) is 4.84. The molecule has 0 saturated heterocycles. The first-order valence-corrected chi connectivity index (χ1v) is 10.5. The fraction of sp³-hybridized carbons (Fsp3) is 0.571. The molecule has 0 fully saturated rings. The molecule has 0 aliphatic heterocycles. The van der Waals surface area contributed by atoms with Crippen LogP contribution in [0.4, 0.5) is 0 Å². The first-order chi connectivity index (χ1) is 9.90. The molecule has 0 aliphatic carbocycles. The number of hydrogen-bond donors (Lipinski definition) is 2. The van der Waals surface area contributed by atoms with Crippen LogP contribution in [0.3, 0.4) is 0 Å². The first-order valence-electron chi connectivity index (χ1n) is 6.92. The van der Waals surface area contributed by atoms with E-state index in [-0.39, 0.29) is 5.25 Å². The molecular weight excluding hydrogens is 372 g/mol. The van der Waals surface area contributed by atoms with Crippen LogP contribution in [-0.4, -0.2) is 33.0 Å². The second kappa shape index (κ2) is 9.15. The molecule has 21 heavy (non-hydrogen) atoms. The predicted molar refractivity (Wildman–Crippen MR) is 94.3 cm³/mol. The summed E-state index contributed by atoms with van der Waals surface area (Å²) in [6, 6.07) is 5.44. The van der Waals surface area contributed by atoms with Crippen LogP contribution in [0.2, 0.25) is 0 Å². The molecular formula is C14H23BrN2O2S2. The van der Waals surface area contributed by atoms with Gasteiger partial charge in [-0.15, -0.1) is 0 Å². The van der Waals surface area contributed by atoms with Crippen LogP contribution in [0.25, 0.3) is 0 Å². The van der Waals surface area contributed by atoms with Crippen molar-refractivity contribution in [1.29, 1.82) is 0 Å². The van der Waals surface area contributed by atoms with Gasteiger partial charge in [0.05, 0.1) is 4.90 Å². The van der Waals surface area contributed by atoms with Crippen molar-refractivity contribution in [3.8, 4) is 0 Å². The zero-order valence-electron chi connectivity index (χ0n) is 12.6. The molecule has 0 aromatic heterocycles. The highest BCUT2D eigenvalue weighted by Crippen LogP contribution is 2.23. The van der Waals surface area contributed by atoms with Crippen LogP contribution < -0.4 is 10.0 Å². The molecule has 1 rings (SSSR count). The maximum absolute atomic E-state index is 12.4. The highest BCUT2D eigenvalue weighted by Gasteiger charge is 2.18. The summed E-state index contributed by atoms with van der Waals surface area (Å²) in [5.41, 5.74) is 0.963. The Hall–Kier alpha value is -0.0800. The minimum absolute atomic E-state index is 0.243. The van der Waals surface area contributed by atoms with Gasteiger partial charge in [-0.2, -0.15) is 11.8 Å². The van der Waals surface area contributed by atoms with E-state index in [9.17, 15) is 8.42 Å². The van der Waals surface area contributed by atoms with Crippen molar-refractivity contribution < 1.29 is 8.42 Å². The average Bonchev–Trinajstić information content (AvgIpc) is 2.46. The lowest BCUT2D eigenvalue weighted by molar-refractivity contribution is 0.580. The van der Waals surface area contributed by atoms with Crippen LogP contribution in [0.15, 0.2) is 27.6 Å². The van der Waals surface area contributed by atoms with Gasteiger partial charge in [-0.3, -0.25) is 0 Å². The summed E-state index contributed by atoms with van der Waals surface area (Å²) in [5, 5.41) is 3.52. The summed E-state index contributed by atoms with van der Waals surface area (Å²) >= 11 is 4.96. The summed E-state index contributed by atoms with van der Waals surface area (Å²) in [4.78, 5) is 0.298. The van der Waals surface area contributed by atoms with E-state index < -0.39 is 10.0 Å². The van der Waals surface area contributed by atoms with E-state index in [1.165, 1.54) is 0 Å². The van der Waals surface area contributed by atoms with E-state index >= 15 is 0 Å². The van der Waals surface area contributed by atoms with Crippen molar-refractivity contribution in [2.24, 2.45) is 0 Å². The Kier molecular flexibility index (Phi) is 8.26. The number of benzene rings is 1. The molecule has 0 heterocycles. The summed E-state index contributed by atoms with van der Waals surface area (Å²) in [6.07, 6.45) is 3.02. The van der Waals surface area contributed by atoms with Crippen molar-refractivity contribution >= 4 is 37.7 Å². The molecule has 1 aromatic carbocycles. The summed E-state index contributed by atoms with van der Waals surface area (Å²) in [7, 11) is -3.49. The molecule has 0 spiro atoms. The van der Waals surface area contributed by atoms with Gasteiger partial charge in [-0.1, -0.05) is 19.9 Å². The molecule has 1 unspecified atom stereocenters. The zero-order valence-corrected chi connectivity index (χ0v) is 15.9. The van der Waals surface area contributed by atoms with E-state index in [0.29, 0.717) is 22.5 Å². The fourth-order valence-corrected chi connectivity index (χ4v) is 4.16. The molecule has 0 amide bonds. The minimum atomic E-state index is -3.49. The van der Waals surface area contributed by atoms with E-state index in [2.05, 4.69) is 32.9 Å². The molecule has 0 radical (unpaired) electrons. The predicted octanol–water partition coefficient (Wildman–Crippen LogP) is 2.98. The van der Waals surface area contributed by atoms with Crippen molar-refractivity contribution in [2.75, 3.05) is 19.3 Å². The van der Waals surface area contributed by atoms with Crippen molar-refractivity contribution in [1.82, 2.24) is 10.0 Å². The van der Waals surface area contributed by atoms with Crippen LogP contribution in [-0.2, 0) is 16.6 Å².